The molecule has 0 bridgehead atoms. The van der Waals surface area contributed by atoms with E-state index in [4.69, 9.17) is 0 Å². The van der Waals surface area contributed by atoms with E-state index in [2.05, 4.69) is 32.0 Å². The highest BCUT2D eigenvalue weighted by Crippen LogP contribution is 2.38. The summed E-state index contributed by atoms with van der Waals surface area (Å²) >= 11 is 0. The molecule has 0 aromatic carbocycles. The van der Waals surface area contributed by atoms with Gasteiger partial charge in [0.15, 0.2) is 5.78 Å². The summed E-state index contributed by atoms with van der Waals surface area (Å²) in [6.45, 7) is 6.24. The van der Waals surface area contributed by atoms with Gasteiger partial charge in [-0.15, -0.1) is 0 Å². The number of carbonyl (C=O) groups excluding carboxylic acids is 2. The Morgan fingerprint density at radius 2 is 1.97 bits per heavy atom. The van der Waals surface area contributed by atoms with E-state index < -0.39 is 17.5 Å². The topological polar surface area (TPSA) is 78.4 Å². The van der Waals surface area contributed by atoms with Crippen LogP contribution in [0.15, 0.2) is 36.2 Å². The Hall–Kier alpha value is -3.27. The monoisotopic (exact) mass is 473 g/mol. The second kappa shape index (κ2) is 9.17. The van der Waals surface area contributed by atoms with Crippen molar-refractivity contribution >= 4 is 23.0 Å². The molecular formula is C24H26F3N5O2. The summed E-state index contributed by atoms with van der Waals surface area (Å²) in [5, 5.41) is 2.55. The number of rotatable bonds is 4. The molecule has 2 aliphatic rings. The Morgan fingerprint density at radius 3 is 2.59 bits per heavy atom. The molecule has 1 aliphatic carbocycles. The van der Waals surface area contributed by atoms with Crippen LogP contribution in [0.25, 0.3) is 5.57 Å². The van der Waals surface area contributed by atoms with Crippen molar-refractivity contribution in [1.82, 2.24) is 20.2 Å². The van der Waals surface area contributed by atoms with Crippen molar-refractivity contribution in [2.75, 3.05) is 31.6 Å². The lowest BCUT2D eigenvalue weighted by atomic mass is 9.86. The van der Waals surface area contributed by atoms with Crippen LogP contribution in [0.2, 0.25) is 0 Å². The Balaban J connectivity index is 1.44. The molecule has 3 heterocycles. The van der Waals surface area contributed by atoms with Crippen LogP contribution in [-0.4, -0.2) is 65.5 Å². The van der Waals surface area contributed by atoms with Gasteiger partial charge in [0.1, 0.15) is 11.3 Å². The lowest BCUT2D eigenvalue weighted by Gasteiger charge is -2.40. The Morgan fingerprint density at radius 1 is 1.21 bits per heavy atom. The van der Waals surface area contributed by atoms with Crippen molar-refractivity contribution in [3.05, 3.63) is 58.7 Å². The van der Waals surface area contributed by atoms with E-state index in [9.17, 15) is 22.8 Å². The van der Waals surface area contributed by atoms with E-state index in [1.807, 2.05) is 6.07 Å². The zero-order valence-electron chi connectivity index (χ0n) is 19.2. The number of nitrogens with one attached hydrogen (secondary N) is 1. The summed E-state index contributed by atoms with van der Waals surface area (Å²) in [5.41, 5.74) is 1.88. The van der Waals surface area contributed by atoms with Crippen molar-refractivity contribution < 1.29 is 22.8 Å². The maximum Gasteiger partial charge on any atom is 0.420 e. The van der Waals surface area contributed by atoms with E-state index in [0.717, 1.165) is 31.0 Å². The minimum Gasteiger partial charge on any atom is -0.367 e. The first-order valence-corrected chi connectivity index (χ1v) is 11.0. The number of carbonyl (C=O) groups is 2. The molecule has 10 heteroatoms. The number of anilines is 1. The van der Waals surface area contributed by atoms with Gasteiger partial charge in [-0.2, -0.15) is 13.2 Å². The van der Waals surface area contributed by atoms with Crippen molar-refractivity contribution in [1.29, 1.82) is 0 Å². The first-order chi connectivity index (χ1) is 16.1. The number of Topliss-reactive ketones (excluding diaryl/α,β-unsaturated/α-hetero) is 1. The lowest BCUT2D eigenvalue weighted by molar-refractivity contribution is -0.128. The van der Waals surface area contributed by atoms with E-state index in [1.54, 1.807) is 25.4 Å². The van der Waals surface area contributed by atoms with E-state index >= 15 is 0 Å². The fourth-order valence-electron chi connectivity index (χ4n) is 4.60. The summed E-state index contributed by atoms with van der Waals surface area (Å²) in [6.07, 6.45) is -1.77. The van der Waals surface area contributed by atoms with Gasteiger partial charge in [0.05, 0.1) is 17.6 Å². The molecule has 2 aromatic rings. The van der Waals surface area contributed by atoms with Crippen LogP contribution in [0.1, 0.15) is 41.2 Å². The first kappa shape index (κ1) is 23.9. The van der Waals surface area contributed by atoms with Gasteiger partial charge in [0.25, 0.3) is 5.91 Å². The molecule has 1 amide bonds. The molecule has 4 rings (SSSR count). The fraction of sp³-hybridized carbons (Fsp3) is 0.417. The van der Waals surface area contributed by atoms with Gasteiger partial charge in [-0.05, 0) is 43.2 Å². The third-order valence-corrected chi connectivity index (χ3v) is 6.44. The molecule has 0 radical (unpaired) electrons. The zero-order valence-corrected chi connectivity index (χ0v) is 19.2. The average molecular weight is 473 g/mol. The molecule has 7 nitrogen and oxygen atoms in total. The number of aromatic nitrogens is 2. The number of alkyl halides is 3. The van der Waals surface area contributed by atoms with Gasteiger partial charge in [-0.3, -0.25) is 19.5 Å². The number of fused-ring (bicyclic) bond motifs is 1. The first-order valence-electron chi connectivity index (χ1n) is 11.0. The third kappa shape index (κ3) is 4.68. The number of allylic oxidation sites excluding steroid dienone is 2. The Kier molecular flexibility index (Phi) is 6.44. The molecule has 2 aromatic heterocycles. The molecule has 1 atom stereocenters. The second-order valence-electron chi connectivity index (χ2n) is 8.68. The number of piperazine rings is 1. The minimum absolute atomic E-state index is 0.0594. The minimum atomic E-state index is -4.66. The second-order valence-corrected chi connectivity index (χ2v) is 8.68. The highest BCUT2D eigenvalue weighted by molar-refractivity contribution is 6.07. The van der Waals surface area contributed by atoms with Crippen LogP contribution in [-0.2, 0) is 17.8 Å². The van der Waals surface area contributed by atoms with Crippen LogP contribution in [0.4, 0.5) is 18.9 Å². The van der Waals surface area contributed by atoms with E-state index in [-0.39, 0.29) is 23.9 Å². The largest absolute Gasteiger partial charge is 0.420 e. The van der Waals surface area contributed by atoms with Gasteiger partial charge in [0, 0.05) is 57.4 Å². The lowest BCUT2D eigenvalue weighted by Crippen LogP contribution is -2.51. The number of pyridine rings is 2. The summed E-state index contributed by atoms with van der Waals surface area (Å²) in [7, 11) is 1.56. The van der Waals surface area contributed by atoms with E-state index in [1.165, 1.54) is 13.1 Å². The standard InChI is InChI=1S/C24H26F3N5O2/c1-14-12-32(18-4-5-20(30-10-18)23(34)28-3)7-6-31(14)13-17-8-16-9-21(33)22(24(25,26)27)15(2)19(16)11-29-17/h4-5,8,10-11,14H,6-7,9,12-13H2,1-3H3,(H,28,34)/t14-/m1/s1. The highest BCUT2D eigenvalue weighted by Gasteiger charge is 2.42. The highest BCUT2D eigenvalue weighted by atomic mass is 19.4. The van der Waals surface area contributed by atoms with Crippen LogP contribution >= 0.6 is 0 Å². The summed E-state index contributed by atoms with van der Waals surface area (Å²) < 4.78 is 39.8. The van der Waals surface area contributed by atoms with Gasteiger partial charge >= 0.3 is 6.18 Å². The Labute approximate surface area is 195 Å². The predicted molar refractivity (Wildman–Crippen MR) is 121 cm³/mol. The van der Waals surface area contributed by atoms with Crippen LogP contribution in [0.3, 0.4) is 0 Å². The van der Waals surface area contributed by atoms with Crippen molar-refractivity contribution in [2.45, 2.75) is 39.0 Å². The predicted octanol–water partition coefficient (Wildman–Crippen LogP) is 3.01. The smallest absolute Gasteiger partial charge is 0.367 e. The number of halogens is 3. The molecule has 0 unspecified atom stereocenters. The number of hydrogen-bond donors (Lipinski definition) is 1. The fourth-order valence-corrected chi connectivity index (χ4v) is 4.60. The number of ketones is 1. The zero-order chi connectivity index (χ0) is 24.6. The molecule has 180 valence electrons. The maximum atomic E-state index is 13.3. The Bertz CT molecular complexity index is 1140. The number of hydrogen-bond acceptors (Lipinski definition) is 6. The molecule has 1 N–H and O–H groups in total. The van der Waals surface area contributed by atoms with Crippen LogP contribution in [0, 0.1) is 0 Å². The van der Waals surface area contributed by atoms with Crippen LogP contribution < -0.4 is 10.2 Å². The molecule has 0 saturated carbocycles. The van der Waals surface area contributed by atoms with E-state index in [0.29, 0.717) is 23.4 Å². The molecule has 1 fully saturated rings. The van der Waals surface area contributed by atoms with Crippen LogP contribution in [0.5, 0.6) is 0 Å². The third-order valence-electron chi connectivity index (χ3n) is 6.44. The average Bonchev–Trinajstić information content (AvgIpc) is 2.79. The summed E-state index contributed by atoms with van der Waals surface area (Å²) in [5.74, 6) is -1.13. The van der Waals surface area contributed by atoms with Crippen molar-refractivity contribution in [3.63, 3.8) is 0 Å². The quantitative estimate of drug-likeness (QED) is 0.736. The van der Waals surface area contributed by atoms with Crippen molar-refractivity contribution in [3.8, 4) is 0 Å². The van der Waals surface area contributed by atoms with Gasteiger partial charge in [-0.1, -0.05) is 0 Å². The molecule has 1 aliphatic heterocycles. The number of nitrogens with zero attached hydrogens (tertiary/aromatic N) is 4. The van der Waals surface area contributed by atoms with Gasteiger partial charge in [0.2, 0.25) is 0 Å². The van der Waals surface area contributed by atoms with Crippen molar-refractivity contribution in [2.24, 2.45) is 0 Å². The molecule has 34 heavy (non-hydrogen) atoms. The molecular weight excluding hydrogens is 447 g/mol. The number of amides is 1. The maximum absolute atomic E-state index is 13.3. The summed E-state index contributed by atoms with van der Waals surface area (Å²) in [6, 6.07) is 5.52. The molecule has 0 spiro atoms. The molecule has 1 saturated heterocycles. The summed E-state index contributed by atoms with van der Waals surface area (Å²) in [4.78, 5) is 37.0. The normalized spacial score (nSPS) is 19.3. The van der Waals surface area contributed by atoms with Gasteiger partial charge in [-0.25, -0.2) is 4.98 Å². The van der Waals surface area contributed by atoms with Gasteiger partial charge < -0.3 is 10.2 Å². The SMILES string of the molecule is CNC(=O)c1ccc(N2CCN(Cc3cc4c(cn3)C(C)=C(C(F)(F)F)C(=O)C4)[C@H](C)C2)cn1.